The average Bonchev–Trinajstić information content (AvgIpc) is 2.59. The number of ether oxygens (including phenoxy) is 1. The molecule has 1 fully saturated rings. The molecule has 6 heteroatoms. The molecule has 1 saturated heterocycles. The van der Waals surface area contributed by atoms with Gasteiger partial charge in [-0.2, -0.15) is 0 Å². The van der Waals surface area contributed by atoms with Crippen LogP contribution in [0.1, 0.15) is 11.1 Å². The van der Waals surface area contributed by atoms with E-state index in [1.807, 2.05) is 17.0 Å². The van der Waals surface area contributed by atoms with Gasteiger partial charge in [0.05, 0.1) is 6.61 Å². The van der Waals surface area contributed by atoms with E-state index in [0.717, 1.165) is 45.9 Å². The van der Waals surface area contributed by atoms with Crippen molar-refractivity contribution in [2.75, 3.05) is 60.5 Å². The second-order valence-corrected chi connectivity index (χ2v) is 6.49. The molecule has 0 aliphatic carbocycles. The lowest BCUT2D eigenvalue weighted by Crippen LogP contribution is -2.52. The first-order chi connectivity index (χ1) is 11.6. The van der Waals surface area contributed by atoms with E-state index in [0.29, 0.717) is 6.54 Å². The van der Waals surface area contributed by atoms with Gasteiger partial charge in [-0.25, -0.2) is 4.79 Å². The van der Waals surface area contributed by atoms with Crippen LogP contribution in [0.5, 0.6) is 0 Å². The van der Waals surface area contributed by atoms with Crippen LogP contribution < -0.4 is 5.32 Å². The molecule has 2 rings (SSSR count). The zero-order valence-corrected chi connectivity index (χ0v) is 15.1. The maximum atomic E-state index is 12.4. The van der Waals surface area contributed by atoms with Gasteiger partial charge in [-0.15, -0.1) is 0 Å². The van der Waals surface area contributed by atoms with Gasteiger partial charge in [-0.1, -0.05) is 24.3 Å². The van der Waals surface area contributed by atoms with Crippen LogP contribution in [0.15, 0.2) is 24.3 Å². The number of urea groups is 1. The second kappa shape index (κ2) is 9.61. The number of nitrogens with zero attached hydrogens (tertiary/aromatic N) is 3. The predicted molar refractivity (Wildman–Crippen MR) is 96.0 cm³/mol. The lowest BCUT2D eigenvalue weighted by molar-refractivity contribution is 0.106. The van der Waals surface area contributed by atoms with E-state index in [1.54, 1.807) is 7.11 Å². The molecule has 2 amide bonds. The minimum Gasteiger partial charge on any atom is -0.383 e. The van der Waals surface area contributed by atoms with Crippen LogP contribution in [-0.2, 0) is 17.8 Å². The second-order valence-electron chi connectivity index (χ2n) is 6.49. The molecule has 6 nitrogen and oxygen atoms in total. The third kappa shape index (κ3) is 5.78. The van der Waals surface area contributed by atoms with Crippen molar-refractivity contribution in [2.45, 2.75) is 13.1 Å². The Labute approximate surface area is 145 Å². The van der Waals surface area contributed by atoms with Crippen LogP contribution in [0.2, 0.25) is 0 Å². The molecule has 0 atom stereocenters. The van der Waals surface area contributed by atoms with Gasteiger partial charge in [0.2, 0.25) is 0 Å². The van der Waals surface area contributed by atoms with Crippen molar-refractivity contribution in [2.24, 2.45) is 0 Å². The highest BCUT2D eigenvalue weighted by molar-refractivity contribution is 5.74. The van der Waals surface area contributed by atoms with Crippen molar-refractivity contribution >= 4 is 6.03 Å². The van der Waals surface area contributed by atoms with Gasteiger partial charge in [-0.3, -0.25) is 4.90 Å². The van der Waals surface area contributed by atoms with Crippen molar-refractivity contribution in [1.82, 2.24) is 20.0 Å². The Morgan fingerprint density at radius 2 is 1.83 bits per heavy atom. The van der Waals surface area contributed by atoms with Gasteiger partial charge in [0.1, 0.15) is 0 Å². The Kier molecular flexibility index (Phi) is 7.49. The van der Waals surface area contributed by atoms with Crippen LogP contribution in [0, 0.1) is 0 Å². The van der Waals surface area contributed by atoms with Gasteiger partial charge >= 0.3 is 6.03 Å². The molecule has 134 valence electrons. The van der Waals surface area contributed by atoms with Crippen LogP contribution in [0.25, 0.3) is 0 Å². The summed E-state index contributed by atoms with van der Waals surface area (Å²) >= 11 is 0. The average molecular weight is 334 g/mol. The molecule has 0 bridgehead atoms. The van der Waals surface area contributed by atoms with Crippen molar-refractivity contribution in [3.8, 4) is 0 Å². The van der Waals surface area contributed by atoms with Crippen molar-refractivity contribution < 1.29 is 9.53 Å². The lowest BCUT2D eigenvalue weighted by Gasteiger charge is -2.34. The first kappa shape index (κ1) is 18.7. The fourth-order valence-corrected chi connectivity index (χ4v) is 2.90. The SMILES string of the molecule is COCCN1CCN(C(=O)NCc2ccccc2CN(C)C)CC1. The Balaban J connectivity index is 1.80. The molecule has 1 aromatic carbocycles. The van der Waals surface area contributed by atoms with Crippen molar-refractivity contribution in [1.29, 1.82) is 0 Å². The first-order valence-corrected chi connectivity index (χ1v) is 8.55. The summed E-state index contributed by atoms with van der Waals surface area (Å²) in [5.41, 5.74) is 2.44. The summed E-state index contributed by atoms with van der Waals surface area (Å²) in [5.74, 6) is 0. The summed E-state index contributed by atoms with van der Waals surface area (Å²) < 4.78 is 5.11. The van der Waals surface area contributed by atoms with Crippen LogP contribution in [-0.4, -0.2) is 81.3 Å². The maximum Gasteiger partial charge on any atom is 0.317 e. The minimum atomic E-state index is 0.0287. The van der Waals surface area contributed by atoms with Gasteiger partial charge in [-0.05, 0) is 25.2 Å². The predicted octanol–water partition coefficient (Wildman–Crippen LogP) is 1.22. The monoisotopic (exact) mass is 334 g/mol. The summed E-state index contributed by atoms with van der Waals surface area (Å²) in [5, 5.41) is 3.07. The molecular weight excluding hydrogens is 304 g/mol. The third-order valence-electron chi connectivity index (χ3n) is 4.31. The number of piperazine rings is 1. The first-order valence-electron chi connectivity index (χ1n) is 8.55. The summed E-state index contributed by atoms with van der Waals surface area (Å²) in [6.07, 6.45) is 0. The fraction of sp³-hybridized carbons (Fsp3) is 0.611. The molecule has 24 heavy (non-hydrogen) atoms. The van der Waals surface area contributed by atoms with Crippen LogP contribution in [0.4, 0.5) is 4.79 Å². The van der Waals surface area contributed by atoms with E-state index in [9.17, 15) is 4.79 Å². The number of benzene rings is 1. The number of methoxy groups -OCH3 is 1. The van der Waals surface area contributed by atoms with Crippen molar-refractivity contribution in [3.63, 3.8) is 0 Å². The molecule has 1 aliphatic rings. The molecular formula is C18H30N4O2. The molecule has 1 aromatic rings. The molecule has 0 aromatic heterocycles. The van der Waals surface area contributed by atoms with E-state index in [2.05, 4.69) is 41.3 Å². The smallest absolute Gasteiger partial charge is 0.317 e. The van der Waals surface area contributed by atoms with Crippen molar-refractivity contribution in [3.05, 3.63) is 35.4 Å². The number of carbonyl (C=O) groups is 1. The van der Waals surface area contributed by atoms with Crippen LogP contribution in [0.3, 0.4) is 0 Å². The zero-order valence-electron chi connectivity index (χ0n) is 15.1. The Morgan fingerprint density at radius 1 is 1.17 bits per heavy atom. The molecule has 0 saturated carbocycles. The van der Waals surface area contributed by atoms with Gasteiger partial charge < -0.3 is 19.9 Å². The summed E-state index contributed by atoms with van der Waals surface area (Å²) in [6, 6.07) is 8.30. The number of rotatable bonds is 7. The molecule has 0 spiro atoms. The van der Waals surface area contributed by atoms with Crippen LogP contribution >= 0.6 is 0 Å². The van der Waals surface area contributed by atoms with E-state index in [1.165, 1.54) is 11.1 Å². The number of carbonyl (C=O) groups excluding carboxylic acids is 1. The topological polar surface area (TPSA) is 48.1 Å². The van der Waals surface area contributed by atoms with E-state index >= 15 is 0 Å². The van der Waals surface area contributed by atoms with Gasteiger partial charge in [0.15, 0.2) is 0 Å². The largest absolute Gasteiger partial charge is 0.383 e. The highest BCUT2D eigenvalue weighted by Gasteiger charge is 2.20. The molecule has 1 N–H and O–H groups in total. The highest BCUT2D eigenvalue weighted by Crippen LogP contribution is 2.11. The molecule has 0 unspecified atom stereocenters. The third-order valence-corrected chi connectivity index (χ3v) is 4.31. The standard InChI is InChI=1S/C18H30N4O2/c1-20(2)15-17-7-5-4-6-16(17)14-19-18(23)22-10-8-21(9-11-22)12-13-24-3/h4-7H,8-15H2,1-3H3,(H,19,23). The Hall–Kier alpha value is -1.63. The minimum absolute atomic E-state index is 0.0287. The summed E-state index contributed by atoms with van der Waals surface area (Å²) in [6.45, 7) is 6.50. The van der Waals surface area contributed by atoms with Gasteiger partial charge in [0.25, 0.3) is 0 Å². The molecule has 1 aliphatic heterocycles. The highest BCUT2D eigenvalue weighted by atomic mass is 16.5. The molecule has 1 heterocycles. The van der Waals surface area contributed by atoms with E-state index < -0.39 is 0 Å². The zero-order chi connectivity index (χ0) is 17.4. The Bertz CT molecular complexity index is 513. The van der Waals surface area contributed by atoms with Gasteiger partial charge in [0, 0.05) is 52.9 Å². The summed E-state index contributed by atoms with van der Waals surface area (Å²) in [4.78, 5) is 18.8. The molecule has 0 radical (unpaired) electrons. The van der Waals surface area contributed by atoms with E-state index in [4.69, 9.17) is 4.74 Å². The summed E-state index contributed by atoms with van der Waals surface area (Å²) in [7, 11) is 5.83. The number of hydrogen-bond acceptors (Lipinski definition) is 4. The Morgan fingerprint density at radius 3 is 2.46 bits per heavy atom. The number of hydrogen-bond donors (Lipinski definition) is 1. The normalized spacial score (nSPS) is 15.8. The number of nitrogens with one attached hydrogen (secondary N) is 1. The lowest BCUT2D eigenvalue weighted by atomic mass is 10.1. The van der Waals surface area contributed by atoms with E-state index in [-0.39, 0.29) is 6.03 Å². The maximum absolute atomic E-state index is 12.4. The fourth-order valence-electron chi connectivity index (χ4n) is 2.90. The number of amides is 2. The quantitative estimate of drug-likeness (QED) is 0.815.